The second-order valence-corrected chi connectivity index (χ2v) is 7.65. The Balaban J connectivity index is 1.85. The van der Waals surface area contributed by atoms with Gasteiger partial charge in [0.25, 0.3) is 0 Å². The lowest BCUT2D eigenvalue weighted by Crippen LogP contribution is -2.28. The predicted octanol–water partition coefficient (Wildman–Crippen LogP) is 7.00. The van der Waals surface area contributed by atoms with Crippen LogP contribution in [0.25, 0.3) is 21.9 Å². The maximum absolute atomic E-state index is 3.53. The molecule has 5 aromatic carbocycles. The quantitative estimate of drug-likeness (QED) is 0.309. The molecule has 0 saturated heterocycles. The molecule has 0 atom stereocenters. The lowest BCUT2D eigenvalue weighted by molar-refractivity contribution is 0.769. The fraction of sp³-hybridized carbons (Fsp3) is 0.0345. The van der Waals surface area contributed by atoms with Gasteiger partial charge in [-0.1, -0.05) is 115 Å². The normalized spacial score (nSPS) is 13.8. The first kappa shape index (κ1) is 16.3. The van der Waals surface area contributed by atoms with Crippen molar-refractivity contribution in [3.8, 4) is 11.1 Å². The standard InChI is InChI=1S/C29H19/c1-3-12-22(13-4-1)29(23-14-5-2-6-15-23)26-18-10-9-17-25(26)28-24-16-8-7-11-21(24)19-20-27(28)29/h1-15,17-20H. The summed E-state index contributed by atoms with van der Waals surface area (Å²) in [5, 5.41) is 2.43. The van der Waals surface area contributed by atoms with E-state index in [1.807, 2.05) is 6.07 Å². The van der Waals surface area contributed by atoms with Gasteiger partial charge in [0.1, 0.15) is 0 Å². The minimum absolute atomic E-state index is 0.327. The third kappa shape index (κ3) is 2.14. The van der Waals surface area contributed by atoms with Crippen LogP contribution in [-0.4, -0.2) is 0 Å². The van der Waals surface area contributed by atoms with Gasteiger partial charge in [0.2, 0.25) is 0 Å². The van der Waals surface area contributed by atoms with E-state index < -0.39 is 0 Å². The first-order valence-corrected chi connectivity index (χ1v) is 10.1. The molecule has 0 aromatic heterocycles. The summed E-state index contributed by atoms with van der Waals surface area (Å²) in [5.41, 5.74) is 7.57. The summed E-state index contributed by atoms with van der Waals surface area (Å²) >= 11 is 0. The molecular formula is C29H19. The highest BCUT2D eigenvalue weighted by Crippen LogP contribution is 2.57. The molecule has 1 aliphatic carbocycles. The van der Waals surface area contributed by atoms with Gasteiger partial charge in [-0.15, -0.1) is 0 Å². The predicted molar refractivity (Wildman–Crippen MR) is 120 cm³/mol. The average Bonchev–Trinajstić information content (AvgIpc) is 3.12. The van der Waals surface area contributed by atoms with Crippen molar-refractivity contribution < 1.29 is 0 Å². The van der Waals surface area contributed by atoms with E-state index in [1.54, 1.807) is 0 Å². The molecule has 0 spiro atoms. The number of fused-ring (bicyclic) bond motifs is 5. The van der Waals surface area contributed by atoms with E-state index >= 15 is 0 Å². The molecule has 135 valence electrons. The zero-order chi connectivity index (χ0) is 19.3. The van der Waals surface area contributed by atoms with Crippen LogP contribution in [0, 0.1) is 6.07 Å². The molecule has 0 heteroatoms. The molecule has 0 fully saturated rings. The molecule has 0 nitrogen and oxygen atoms in total. The Morgan fingerprint density at radius 2 is 1.17 bits per heavy atom. The number of benzene rings is 5. The number of hydrogen-bond donors (Lipinski definition) is 0. The third-order valence-electron chi connectivity index (χ3n) is 6.26. The highest BCUT2D eigenvalue weighted by atomic mass is 14.5. The van der Waals surface area contributed by atoms with E-state index in [0.717, 1.165) is 0 Å². The van der Waals surface area contributed by atoms with Gasteiger partial charge in [0, 0.05) is 0 Å². The molecule has 0 heterocycles. The Hall–Kier alpha value is -3.64. The van der Waals surface area contributed by atoms with Gasteiger partial charge in [-0.3, -0.25) is 0 Å². The summed E-state index contributed by atoms with van der Waals surface area (Å²) in [6, 6.07) is 45.1. The van der Waals surface area contributed by atoms with Gasteiger partial charge >= 0.3 is 0 Å². The average molecular weight is 367 g/mol. The molecule has 0 bridgehead atoms. The minimum atomic E-state index is -0.327. The summed E-state index contributed by atoms with van der Waals surface area (Å²) in [5.74, 6) is 0. The topological polar surface area (TPSA) is 0 Å². The summed E-state index contributed by atoms with van der Waals surface area (Å²) in [7, 11) is 0. The fourth-order valence-corrected chi connectivity index (χ4v) is 5.13. The molecule has 5 aromatic rings. The highest BCUT2D eigenvalue weighted by molar-refractivity contribution is 6.03. The summed E-state index contributed by atoms with van der Waals surface area (Å²) in [6.07, 6.45) is 0. The molecule has 0 N–H and O–H groups in total. The monoisotopic (exact) mass is 367 g/mol. The van der Waals surface area contributed by atoms with Gasteiger partial charge in [0.15, 0.2) is 0 Å². The largest absolute Gasteiger partial charge is 0.0713 e. The van der Waals surface area contributed by atoms with Crippen molar-refractivity contribution in [1.29, 1.82) is 0 Å². The molecule has 1 aliphatic rings. The SMILES string of the molecule is [c]1cccc2ccc3c(c12)-c1ccccc1C3(c1ccccc1)c1ccccc1. The van der Waals surface area contributed by atoms with E-state index in [1.165, 1.54) is 44.2 Å². The van der Waals surface area contributed by atoms with E-state index in [2.05, 4.69) is 115 Å². The first-order chi connectivity index (χ1) is 14.4. The van der Waals surface area contributed by atoms with E-state index in [-0.39, 0.29) is 5.41 Å². The van der Waals surface area contributed by atoms with Gasteiger partial charge in [-0.2, -0.15) is 0 Å². The van der Waals surface area contributed by atoms with Crippen LogP contribution in [0.4, 0.5) is 0 Å². The zero-order valence-electron chi connectivity index (χ0n) is 16.0. The van der Waals surface area contributed by atoms with Crippen LogP contribution in [0.3, 0.4) is 0 Å². The molecule has 0 saturated carbocycles. The van der Waals surface area contributed by atoms with Crippen molar-refractivity contribution in [3.63, 3.8) is 0 Å². The molecule has 0 unspecified atom stereocenters. The van der Waals surface area contributed by atoms with Crippen molar-refractivity contribution in [2.45, 2.75) is 5.41 Å². The Kier molecular flexibility index (Phi) is 3.48. The molecule has 29 heavy (non-hydrogen) atoms. The molecule has 0 aliphatic heterocycles. The van der Waals surface area contributed by atoms with Crippen LogP contribution in [0.15, 0.2) is 115 Å². The first-order valence-electron chi connectivity index (χ1n) is 10.1. The van der Waals surface area contributed by atoms with Crippen LogP contribution in [0.1, 0.15) is 22.3 Å². The second kappa shape index (κ2) is 6.18. The van der Waals surface area contributed by atoms with Crippen LogP contribution in [0.2, 0.25) is 0 Å². The minimum Gasteiger partial charge on any atom is -0.0622 e. The van der Waals surface area contributed by atoms with E-state index in [9.17, 15) is 0 Å². The Morgan fingerprint density at radius 3 is 1.90 bits per heavy atom. The fourth-order valence-electron chi connectivity index (χ4n) is 5.13. The van der Waals surface area contributed by atoms with Gasteiger partial charge in [-0.05, 0) is 50.2 Å². The lowest BCUT2D eigenvalue weighted by Gasteiger charge is -2.33. The van der Waals surface area contributed by atoms with Gasteiger partial charge < -0.3 is 0 Å². The molecule has 0 amide bonds. The Labute approximate surface area is 171 Å². The van der Waals surface area contributed by atoms with Crippen molar-refractivity contribution in [3.05, 3.63) is 144 Å². The molecular weight excluding hydrogens is 348 g/mol. The van der Waals surface area contributed by atoms with Crippen molar-refractivity contribution >= 4 is 10.8 Å². The molecule has 1 radical (unpaired) electrons. The maximum Gasteiger partial charge on any atom is 0.0713 e. The molecule has 6 rings (SSSR count). The third-order valence-corrected chi connectivity index (χ3v) is 6.26. The van der Waals surface area contributed by atoms with Crippen molar-refractivity contribution in [2.24, 2.45) is 0 Å². The van der Waals surface area contributed by atoms with Crippen molar-refractivity contribution in [1.82, 2.24) is 0 Å². The van der Waals surface area contributed by atoms with Crippen LogP contribution >= 0.6 is 0 Å². The zero-order valence-corrected chi connectivity index (χ0v) is 16.0. The van der Waals surface area contributed by atoms with Crippen LogP contribution in [-0.2, 0) is 5.41 Å². The smallest absolute Gasteiger partial charge is 0.0622 e. The van der Waals surface area contributed by atoms with E-state index in [4.69, 9.17) is 0 Å². The lowest BCUT2D eigenvalue weighted by atomic mass is 9.67. The van der Waals surface area contributed by atoms with Gasteiger partial charge in [0.05, 0.1) is 5.41 Å². The van der Waals surface area contributed by atoms with Crippen molar-refractivity contribution in [2.75, 3.05) is 0 Å². The Morgan fingerprint density at radius 1 is 0.517 bits per heavy atom. The summed E-state index contributed by atoms with van der Waals surface area (Å²) < 4.78 is 0. The summed E-state index contributed by atoms with van der Waals surface area (Å²) in [4.78, 5) is 0. The van der Waals surface area contributed by atoms with Crippen LogP contribution < -0.4 is 0 Å². The van der Waals surface area contributed by atoms with E-state index in [0.29, 0.717) is 0 Å². The van der Waals surface area contributed by atoms with Crippen LogP contribution in [0.5, 0.6) is 0 Å². The Bertz CT molecular complexity index is 1290. The number of hydrogen-bond acceptors (Lipinski definition) is 0. The highest BCUT2D eigenvalue weighted by Gasteiger charge is 2.46. The maximum atomic E-state index is 3.53. The summed E-state index contributed by atoms with van der Waals surface area (Å²) in [6.45, 7) is 0. The second-order valence-electron chi connectivity index (χ2n) is 7.65. The van der Waals surface area contributed by atoms with Gasteiger partial charge in [-0.25, -0.2) is 0 Å². The number of rotatable bonds is 2.